The van der Waals surface area contributed by atoms with Crippen LogP contribution in [0, 0.1) is 13.8 Å². The van der Waals surface area contributed by atoms with Gasteiger partial charge in [-0.25, -0.2) is 0 Å². The standard InChI is InChI=1S/C13H15NO/c1-9-5-6-10(2)11(8-9)13(14)12-4-3-7-15-12/h3-8,13H,14H2,1-2H3. The summed E-state index contributed by atoms with van der Waals surface area (Å²) in [4.78, 5) is 0. The number of hydrogen-bond acceptors (Lipinski definition) is 2. The van der Waals surface area contributed by atoms with Gasteiger partial charge >= 0.3 is 0 Å². The van der Waals surface area contributed by atoms with Crippen molar-refractivity contribution in [1.29, 1.82) is 0 Å². The molecular weight excluding hydrogens is 186 g/mol. The van der Waals surface area contributed by atoms with Crippen molar-refractivity contribution < 1.29 is 4.42 Å². The van der Waals surface area contributed by atoms with E-state index in [4.69, 9.17) is 10.2 Å². The van der Waals surface area contributed by atoms with E-state index >= 15 is 0 Å². The third-order valence-electron chi connectivity index (χ3n) is 2.62. The highest BCUT2D eigenvalue weighted by molar-refractivity contribution is 5.36. The first-order valence-corrected chi connectivity index (χ1v) is 5.04. The minimum Gasteiger partial charge on any atom is -0.467 e. The number of benzene rings is 1. The predicted octanol–water partition coefficient (Wildman–Crippen LogP) is 2.94. The molecule has 15 heavy (non-hydrogen) atoms. The van der Waals surface area contributed by atoms with Crippen molar-refractivity contribution in [2.75, 3.05) is 0 Å². The van der Waals surface area contributed by atoms with Crippen LogP contribution in [0.25, 0.3) is 0 Å². The van der Waals surface area contributed by atoms with Crippen LogP contribution in [-0.4, -0.2) is 0 Å². The van der Waals surface area contributed by atoms with Crippen LogP contribution in [0.1, 0.15) is 28.5 Å². The molecule has 0 aliphatic rings. The highest BCUT2D eigenvalue weighted by atomic mass is 16.3. The summed E-state index contributed by atoms with van der Waals surface area (Å²) in [6, 6.07) is 9.90. The maximum Gasteiger partial charge on any atom is 0.125 e. The fraction of sp³-hybridized carbons (Fsp3) is 0.231. The lowest BCUT2D eigenvalue weighted by molar-refractivity contribution is 0.489. The Morgan fingerprint density at radius 2 is 2.00 bits per heavy atom. The molecular formula is C13H15NO. The van der Waals surface area contributed by atoms with Gasteiger partial charge in [-0.15, -0.1) is 0 Å². The second kappa shape index (κ2) is 3.91. The average molecular weight is 201 g/mol. The first kappa shape index (κ1) is 9.99. The Balaban J connectivity index is 2.41. The van der Waals surface area contributed by atoms with Gasteiger partial charge in [-0.05, 0) is 37.1 Å². The molecule has 2 rings (SSSR count). The molecule has 0 bridgehead atoms. The van der Waals surface area contributed by atoms with Gasteiger partial charge in [0.05, 0.1) is 12.3 Å². The highest BCUT2D eigenvalue weighted by Crippen LogP contribution is 2.23. The predicted molar refractivity (Wildman–Crippen MR) is 60.7 cm³/mol. The van der Waals surface area contributed by atoms with Gasteiger partial charge in [0.1, 0.15) is 5.76 Å². The molecule has 0 fully saturated rings. The van der Waals surface area contributed by atoms with Crippen LogP contribution in [0.4, 0.5) is 0 Å². The largest absolute Gasteiger partial charge is 0.467 e. The molecule has 2 nitrogen and oxygen atoms in total. The molecule has 0 radical (unpaired) electrons. The minimum absolute atomic E-state index is 0.167. The van der Waals surface area contributed by atoms with Gasteiger partial charge < -0.3 is 10.2 Å². The van der Waals surface area contributed by atoms with Gasteiger partial charge in [0.15, 0.2) is 0 Å². The van der Waals surface area contributed by atoms with Crippen molar-refractivity contribution in [2.45, 2.75) is 19.9 Å². The lowest BCUT2D eigenvalue weighted by Crippen LogP contribution is -2.12. The maximum atomic E-state index is 6.14. The van der Waals surface area contributed by atoms with Crippen LogP contribution < -0.4 is 5.73 Å². The number of furan rings is 1. The van der Waals surface area contributed by atoms with E-state index in [1.54, 1.807) is 6.26 Å². The van der Waals surface area contributed by atoms with E-state index in [1.807, 2.05) is 12.1 Å². The molecule has 78 valence electrons. The van der Waals surface area contributed by atoms with Crippen molar-refractivity contribution in [1.82, 2.24) is 0 Å². The fourth-order valence-corrected chi connectivity index (χ4v) is 1.72. The summed E-state index contributed by atoms with van der Waals surface area (Å²) in [5.41, 5.74) is 9.68. The molecule has 0 spiro atoms. The average Bonchev–Trinajstić information content (AvgIpc) is 2.74. The molecule has 2 aromatic rings. The van der Waals surface area contributed by atoms with Crippen LogP contribution in [0.3, 0.4) is 0 Å². The summed E-state index contributed by atoms with van der Waals surface area (Å²) >= 11 is 0. The molecule has 1 heterocycles. The zero-order valence-electron chi connectivity index (χ0n) is 9.03. The number of nitrogens with two attached hydrogens (primary N) is 1. The Labute approximate surface area is 89.7 Å². The monoisotopic (exact) mass is 201 g/mol. The van der Waals surface area contributed by atoms with Crippen molar-refractivity contribution in [3.8, 4) is 0 Å². The summed E-state index contributed by atoms with van der Waals surface area (Å²) in [7, 11) is 0. The molecule has 0 saturated heterocycles. The molecule has 0 aliphatic carbocycles. The Kier molecular flexibility index (Phi) is 2.60. The summed E-state index contributed by atoms with van der Waals surface area (Å²) < 4.78 is 5.32. The van der Waals surface area contributed by atoms with Gasteiger partial charge in [0.25, 0.3) is 0 Å². The smallest absolute Gasteiger partial charge is 0.125 e. The summed E-state index contributed by atoms with van der Waals surface area (Å²) in [6.07, 6.45) is 1.65. The molecule has 1 unspecified atom stereocenters. The van der Waals surface area contributed by atoms with E-state index in [9.17, 15) is 0 Å². The van der Waals surface area contributed by atoms with E-state index in [2.05, 4.69) is 32.0 Å². The van der Waals surface area contributed by atoms with Gasteiger partial charge in [0.2, 0.25) is 0 Å². The van der Waals surface area contributed by atoms with Crippen molar-refractivity contribution in [2.24, 2.45) is 5.73 Å². The van der Waals surface area contributed by atoms with Gasteiger partial charge in [0, 0.05) is 0 Å². The molecule has 1 aromatic heterocycles. The van der Waals surface area contributed by atoms with Crippen LogP contribution in [-0.2, 0) is 0 Å². The Morgan fingerprint density at radius 1 is 1.20 bits per heavy atom. The Morgan fingerprint density at radius 3 is 2.67 bits per heavy atom. The molecule has 0 amide bonds. The van der Waals surface area contributed by atoms with E-state index < -0.39 is 0 Å². The van der Waals surface area contributed by atoms with Gasteiger partial charge in [-0.3, -0.25) is 0 Å². The van der Waals surface area contributed by atoms with E-state index in [0.717, 1.165) is 11.3 Å². The lowest BCUT2D eigenvalue weighted by Gasteiger charge is -2.13. The third kappa shape index (κ3) is 1.95. The Hall–Kier alpha value is -1.54. The normalized spacial score (nSPS) is 12.7. The van der Waals surface area contributed by atoms with E-state index in [-0.39, 0.29) is 6.04 Å². The topological polar surface area (TPSA) is 39.2 Å². The second-order valence-corrected chi connectivity index (χ2v) is 3.85. The van der Waals surface area contributed by atoms with E-state index in [1.165, 1.54) is 11.1 Å². The molecule has 1 aromatic carbocycles. The molecule has 0 aliphatic heterocycles. The van der Waals surface area contributed by atoms with Crippen molar-refractivity contribution in [3.05, 3.63) is 59.0 Å². The number of rotatable bonds is 2. The van der Waals surface area contributed by atoms with Crippen LogP contribution in [0.5, 0.6) is 0 Å². The van der Waals surface area contributed by atoms with Crippen molar-refractivity contribution in [3.63, 3.8) is 0 Å². The minimum atomic E-state index is -0.167. The third-order valence-corrected chi connectivity index (χ3v) is 2.62. The molecule has 2 heteroatoms. The van der Waals surface area contributed by atoms with Crippen LogP contribution >= 0.6 is 0 Å². The summed E-state index contributed by atoms with van der Waals surface area (Å²) in [6.45, 7) is 4.13. The van der Waals surface area contributed by atoms with E-state index in [0.29, 0.717) is 0 Å². The first-order valence-electron chi connectivity index (χ1n) is 5.04. The van der Waals surface area contributed by atoms with Crippen molar-refractivity contribution >= 4 is 0 Å². The van der Waals surface area contributed by atoms with Crippen LogP contribution in [0.2, 0.25) is 0 Å². The first-order chi connectivity index (χ1) is 7.18. The Bertz CT molecular complexity index is 446. The lowest BCUT2D eigenvalue weighted by atomic mass is 9.98. The molecule has 2 N–H and O–H groups in total. The highest BCUT2D eigenvalue weighted by Gasteiger charge is 2.13. The zero-order chi connectivity index (χ0) is 10.8. The summed E-state index contributed by atoms with van der Waals surface area (Å²) in [5, 5.41) is 0. The molecule has 1 atom stereocenters. The SMILES string of the molecule is Cc1ccc(C)c(C(N)c2ccco2)c1. The number of hydrogen-bond donors (Lipinski definition) is 1. The molecule has 0 saturated carbocycles. The van der Waals surface area contributed by atoms with Gasteiger partial charge in [-0.2, -0.15) is 0 Å². The van der Waals surface area contributed by atoms with Gasteiger partial charge in [-0.1, -0.05) is 23.8 Å². The van der Waals surface area contributed by atoms with Crippen LogP contribution in [0.15, 0.2) is 41.0 Å². The summed E-state index contributed by atoms with van der Waals surface area (Å²) in [5.74, 6) is 0.809. The fourth-order valence-electron chi connectivity index (χ4n) is 1.72. The quantitative estimate of drug-likeness (QED) is 0.811. The zero-order valence-corrected chi connectivity index (χ0v) is 9.03. The second-order valence-electron chi connectivity index (χ2n) is 3.85. The maximum absolute atomic E-state index is 6.14. The number of aryl methyl sites for hydroxylation is 2.